The summed E-state index contributed by atoms with van der Waals surface area (Å²) in [6, 6.07) is 1.70. The molecule has 1 heterocycles. The predicted molar refractivity (Wildman–Crippen MR) is 89.6 cm³/mol. The number of nitrogens with zero attached hydrogens (tertiary/aromatic N) is 1. The molecule has 0 bridgehead atoms. The van der Waals surface area contributed by atoms with Crippen molar-refractivity contribution >= 4 is 34.8 Å². The number of aliphatic hydroxyl groups excluding tert-OH is 1. The van der Waals surface area contributed by atoms with Crippen molar-refractivity contribution in [3.8, 4) is 0 Å². The lowest BCUT2D eigenvalue weighted by atomic mass is 9.82. The molecule has 118 valence electrons. The number of anilines is 2. The lowest BCUT2D eigenvalue weighted by Gasteiger charge is -2.37. The first-order valence-corrected chi connectivity index (χ1v) is 8.35. The van der Waals surface area contributed by atoms with Crippen molar-refractivity contribution in [2.24, 2.45) is 0 Å². The number of nitrogens with one attached hydrogen (secondary N) is 2. The number of hydrogen-bond donors (Lipinski definition) is 3. The molecule has 3 N–H and O–H groups in total. The van der Waals surface area contributed by atoms with Crippen LogP contribution in [0.5, 0.6) is 0 Å². The highest BCUT2D eigenvalue weighted by molar-refractivity contribution is 6.37. The van der Waals surface area contributed by atoms with Crippen LogP contribution in [0.1, 0.15) is 45.4 Å². The topological polar surface area (TPSA) is 57.2 Å². The van der Waals surface area contributed by atoms with Gasteiger partial charge in [0.1, 0.15) is 11.6 Å². The third-order valence-corrected chi connectivity index (χ3v) is 4.55. The number of rotatable bonds is 6. The SMILES string of the molecule is CCCNc1nc(NC2(CO)CCCCC2)c(Cl)cc1Cl. The molecule has 1 fully saturated rings. The zero-order valence-corrected chi connectivity index (χ0v) is 13.9. The maximum absolute atomic E-state index is 9.78. The van der Waals surface area contributed by atoms with Gasteiger partial charge >= 0.3 is 0 Å². The van der Waals surface area contributed by atoms with Crippen LogP contribution in [-0.4, -0.2) is 28.8 Å². The molecule has 2 rings (SSSR count). The summed E-state index contributed by atoms with van der Waals surface area (Å²) in [6.45, 7) is 2.98. The smallest absolute Gasteiger partial charge is 0.147 e. The van der Waals surface area contributed by atoms with Gasteiger partial charge in [0.05, 0.1) is 22.2 Å². The lowest BCUT2D eigenvalue weighted by Crippen LogP contribution is -2.44. The highest BCUT2D eigenvalue weighted by atomic mass is 35.5. The number of hydrogen-bond acceptors (Lipinski definition) is 4. The van der Waals surface area contributed by atoms with E-state index < -0.39 is 0 Å². The van der Waals surface area contributed by atoms with E-state index >= 15 is 0 Å². The Kier molecular flexibility index (Phi) is 5.97. The van der Waals surface area contributed by atoms with Crippen LogP contribution in [0.4, 0.5) is 11.6 Å². The molecule has 0 atom stereocenters. The molecule has 0 unspecified atom stereocenters. The summed E-state index contributed by atoms with van der Waals surface area (Å²) in [4.78, 5) is 4.50. The number of aliphatic hydroxyl groups is 1. The Morgan fingerprint density at radius 1 is 1.19 bits per heavy atom. The first kappa shape index (κ1) is 16.7. The molecule has 6 heteroatoms. The highest BCUT2D eigenvalue weighted by Crippen LogP contribution is 2.35. The van der Waals surface area contributed by atoms with Crippen LogP contribution >= 0.6 is 23.2 Å². The van der Waals surface area contributed by atoms with E-state index in [-0.39, 0.29) is 12.1 Å². The van der Waals surface area contributed by atoms with E-state index in [9.17, 15) is 5.11 Å². The third-order valence-electron chi connectivity index (χ3n) is 3.97. The maximum Gasteiger partial charge on any atom is 0.147 e. The summed E-state index contributed by atoms with van der Waals surface area (Å²) in [5.41, 5.74) is -0.315. The monoisotopic (exact) mass is 331 g/mol. The van der Waals surface area contributed by atoms with Crippen LogP contribution in [0, 0.1) is 0 Å². The van der Waals surface area contributed by atoms with Gasteiger partial charge in [0.25, 0.3) is 0 Å². The molecular weight excluding hydrogens is 309 g/mol. The minimum atomic E-state index is -0.315. The van der Waals surface area contributed by atoms with Crippen LogP contribution < -0.4 is 10.6 Å². The summed E-state index contributed by atoms with van der Waals surface area (Å²) in [5.74, 6) is 1.23. The number of pyridine rings is 1. The van der Waals surface area contributed by atoms with Crippen molar-refractivity contribution in [3.05, 3.63) is 16.1 Å². The van der Waals surface area contributed by atoms with Gasteiger partial charge in [0.2, 0.25) is 0 Å². The molecule has 1 saturated carbocycles. The van der Waals surface area contributed by atoms with E-state index in [0.29, 0.717) is 21.7 Å². The minimum absolute atomic E-state index is 0.0886. The molecule has 0 aliphatic heterocycles. The van der Waals surface area contributed by atoms with Crippen molar-refractivity contribution < 1.29 is 5.11 Å². The Hall–Kier alpha value is -0.710. The standard InChI is InChI=1S/C15H23Cl2N3O/c1-2-8-18-13-11(16)9-12(17)14(19-13)20-15(10-21)6-4-3-5-7-15/h9,21H,2-8,10H2,1H3,(H2,18,19,20). The van der Waals surface area contributed by atoms with E-state index in [4.69, 9.17) is 23.2 Å². The molecule has 1 aliphatic carbocycles. The van der Waals surface area contributed by atoms with E-state index in [1.165, 1.54) is 6.42 Å². The van der Waals surface area contributed by atoms with Crippen LogP contribution in [0.3, 0.4) is 0 Å². The van der Waals surface area contributed by atoms with Crippen molar-refractivity contribution in [1.82, 2.24) is 4.98 Å². The Labute approximate surface area is 136 Å². The Morgan fingerprint density at radius 2 is 1.86 bits per heavy atom. The molecule has 1 aliphatic rings. The second-order valence-electron chi connectivity index (χ2n) is 5.70. The van der Waals surface area contributed by atoms with Crippen molar-refractivity contribution in [3.63, 3.8) is 0 Å². The van der Waals surface area contributed by atoms with Crippen LogP contribution in [0.25, 0.3) is 0 Å². The zero-order valence-electron chi connectivity index (χ0n) is 12.4. The molecule has 1 aromatic heterocycles. The second-order valence-corrected chi connectivity index (χ2v) is 6.51. The third kappa shape index (κ3) is 4.15. The Bertz CT molecular complexity index is 476. The van der Waals surface area contributed by atoms with Gasteiger partial charge in [0, 0.05) is 6.54 Å². The van der Waals surface area contributed by atoms with E-state index in [1.54, 1.807) is 6.07 Å². The maximum atomic E-state index is 9.78. The van der Waals surface area contributed by atoms with Crippen molar-refractivity contribution in [1.29, 1.82) is 0 Å². The highest BCUT2D eigenvalue weighted by Gasteiger charge is 2.32. The average Bonchev–Trinajstić information content (AvgIpc) is 2.50. The van der Waals surface area contributed by atoms with E-state index in [0.717, 1.165) is 38.6 Å². The Balaban J connectivity index is 2.21. The fourth-order valence-electron chi connectivity index (χ4n) is 2.72. The normalized spacial score (nSPS) is 17.5. The quantitative estimate of drug-likeness (QED) is 0.726. The molecule has 1 aromatic rings. The van der Waals surface area contributed by atoms with Crippen molar-refractivity contribution in [2.45, 2.75) is 51.0 Å². The summed E-state index contributed by atoms with van der Waals surface area (Å²) in [7, 11) is 0. The van der Waals surface area contributed by atoms with Gasteiger partial charge in [-0.25, -0.2) is 4.98 Å². The van der Waals surface area contributed by atoms with Gasteiger partial charge in [0.15, 0.2) is 0 Å². The minimum Gasteiger partial charge on any atom is -0.394 e. The van der Waals surface area contributed by atoms with Gasteiger partial charge < -0.3 is 15.7 Å². The van der Waals surface area contributed by atoms with Gasteiger partial charge in [-0.2, -0.15) is 0 Å². The summed E-state index contributed by atoms with van der Waals surface area (Å²) < 4.78 is 0. The van der Waals surface area contributed by atoms with Gasteiger partial charge in [-0.15, -0.1) is 0 Å². The molecule has 0 amide bonds. The summed E-state index contributed by atoms with van der Waals surface area (Å²) >= 11 is 12.4. The van der Waals surface area contributed by atoms with Gasteiger partial charge in [-0.1, -0.05) is 49.4 Å². The number of halogens is 2. The first-order chi connectivity index (χ1) is 10.1. The average molecular weight is 332 g/mol. The van der Waals surface area contributed by atoms with Crippen molar-refractivity contribution in [2.75, 3.05) is 23.8 Å². The van der Waals surface area contributed by atoms with E-state index in [2.05, 4.69) is 22.5 Å². The Morgan fingerprint density at radius 3 is 2.48 bits per heavy atom. The predicted octanol–water partition coefficient (Wildman–Crippen LogP) is 4.32. The van der Waals surface area contributed by atoms with Crippen LogP contribution in [0.15, 0.2) is 6.07 Å². The molecule has 4 nitrogen and oxygen atoms in total. The molecule has 21 heavy (non-hydrogen) atoms. The summed E-state index contributed by atoms with van der Waals surface area (Å²) in [6.07, 6.45) is 6.29. The van der Waals surface area contributed by atoms with Crippen LogP contribution in [-0.2, 0) is 0 Å². The largest absolute Gasteiger partial charge is 0.394 e. The second kappa shape index (κ2) is 7.52. The summed E-state index contributed by atoms with van der Waals surface area (Å²) in [5, 5.41) is 17.3. The first-order valence-electron chi connectivity index (χ1n) is 7.59. The zero-order chi connectivity index (χ0) is 15.3. The van der Waals surface area contributed by atoms with Crippen LogP contribution in [0.2, 0.25) is 10.0 Å². The molecule has 0 aromatic carbocycles. The van der Waals surface area contributed by atoms with Gasteiger partial charge in [-0.05, 0) is 25.3 Å². The molecule has 0 radical (unpaired) electrons. The molecular formula is C15H23Cl2N3O. The van der Waals surface area contributed by atoms with Gasteiger partial charge in [-0.3, -0.25) is 0 Å². The molecule has 0 saturated heterocycles. The fourth-order valence-corrected chi connectivity index (χ4v) is 3.20. The lowest BCUT2D eigenvalue weighted by molar-refractivity contribution is 0.172. The molecule has 0 spiro atoms. The fraction of sp³-hybridized carbons (Fsp3) is 0.667. The van der Waals surface area contributed by atoms with E-state index in [1.807, 2.05) is 0 Å². The number of aromatic nitrogens is 1.